The molecule has 0 aliphatic rings. The minimum Gasteiger partial charge on any atom is -0.494 e. The molecule has 6 heteroatoms. The normalized spacial score (nSPS) is 11.0. The fraction of sp³-hybridized carbons (Fsp3) is 0. The number of aromatic nitrogens is 1. The zero-order valence-electron chi connectivity index (χ0n) is 15.1. The summed E-state index contributed by atoms with van der Waals surface area (Å²) in [7, 11) is 0. The Morgan fingerprint density at radius 2 is 1.62 bits per heavy atom. The van der Waals surface area contributed by atoms with Crippen LogP contribution in [0.2, 0.25) is 5.02 Å². The van der Waals surface area contributed by atoms with Crippen LogP contribution in [0.15, 0.2) is 82.6 Å². The van der Waals surface area contributed by atoms with Gasteiger partial charge in [-0.3, -0.25) is 9.79 Å². The number of rotatable bonds is 3. The molecule has 0 saturated carbocycles. The summed E-state index contributed by atoms with van der Waals surface area (Å²) in [6.07, 6.45) is 1.46. The summed E-state index contributed by atoms with van der Waals surface area (Å²) >= 11 is 6.28. The highest BCUT2D eigenvalue weighted by molar-refractivity contribution is 6.32. The van der Waals surface area contributed by atoms with Gasteiger partial charge in [-0.15, -0.1) is 0 Å². The molecule has 1 N–H and O–H groups in total. The number of nitrogens with zero attached hydrogens (tertiary/aromatic N) is 3. The van der Waals surface area contributed by atoms with Crippen LogP contribution in [0.25, 0.3) is 16.5 Å². The number of fused-ring (bicyclic) bond motifs is 1. The van der Waals surface area contributed by atoms with E-state index in [4.69, 9.17) is 11.6 Å². The van der Waals surface area contributed by atoms with E-state index >= 15 is 0 Å². The maximum atomic E-state index is 13.1. The first-order valence-electron chi connectivity index (χ1n) is 8.76. The van der Waals surface area contributed by atoms with Crippen molar-refractivity contribution in [1.82, 2.24) is 4.57 Å². The highest BCUT2D eigenvalue weighted by atomic mass is 35.5. The summed E-state index contributed by atoms with van der Waals surface area (Å²) < 4.78 is 1.17. The van der Waals surface area contributed by atoms with Crippen LogP contribution in [0, 0.1) is 11.3 Å². The molecule has 0 atom stereocenters. The minimum absolute atomic E-state index is 0.278. The van der Waals surface area contributed by atoms with Crippen molar-refractivity contribution in [2.45, 2.75) is 0 Å². The molecule has 29 heavy (non-hydrogen) atoms. The number of aromatic hydroxyl groups is 1. The lowest BCUT2D eigenvalue weighted by atomic mass is 10.1. The Labute approximate surface area is 171 Å². The SMILES string of the molecule is N#Cc1ccccc1N=Cc1c(O)n(-c2ccccc2Cl)c(=O)c2ccccc12. The van der Waals surface area contributed by atoms with Crippen molar-refractivity contribution in [3.8, 4) is 17.6 Å². The second kappa shape index (κ2) is 7.63. The standard InChI is InChI=1S/C23H14ClN3O2/c24-19-10-4-6-12-21(19)27-22(28)17-9-3-2-8-16(17)18(23(27)29)14-26-20-11-5-1-7-15(20)13-25/h1-12,14,29H. The number of hydrogen-bond donors (Lipinski definition) is 1. The third-order valence-electron chi connectivity index (χ3n) is 4.55. The summed E-state index contributed by atoms with van der Waals surface area (Å²) in [5, 5.41) is 21.6. The Kier molecular flexibility index (Phi) is 4.86. The summed E-state index contributed by atoms with van der Waals surface area (Å²) in [6.45, 7) is 0. The topological polar surface area (TPSA) is 78.4 Å². The average Bonchev–Trinajstić information content (AvgIpc) is 2.75. The van der Waals surface area contributed by atoms with Crippen molar-refractivity contribution >= 4 is 34.3 Å². The van der Waals surface area contributed by atoms with Crippen molar-refractivity contribution < 1.29 is 5.11 Å². The van der Waals surface area contributed by atoms with E-state index in [2.05, 4.69) is 11.1 Å². The molecule has 0 amide bonds. The molecule has 1 aromatic heterocycles. The predicted molar refractivity (Wildman–Crippen MR) is 115 cm³/mol. The molecule has 0 aliphatic heterocycles. The van der Waals surface area contributed by atoms with Gasteiger partial charge in [0.2, 0.25) is 5.88 Å². The molecule has 0 aliphatic carbocycles. The van der Waals surface area contributed by atoms with Gasteiger partial charge in [0.1, 0.15) is 6.07 Å². The summed E-state index contributed by atoms with van der Waals surface area (Å²) in [6, 6.07) is 22.7. The van der Waals surface area contributed by atoms with Crippen LogP contribution in [0.5, 0.6) is 5.88 Å². The molecule has 0 bridgehead atoms. The molecule has 3 aromatic carbocycles. The lowest BCUT2D eigenvalue weighted by Gasteiger charge is -2.14. The molecule has 5 nitrogen and oxygen atoms in total. The van der Waals surface area contributed by atoms with Gasteiger partial charge in [-0.25, -0.2) is 4.57 Å². The molecule has 0 unspecified atom stereocenters. The highest BCUT2D eigenvalue weighted by Gasteiger charge is 2.17. The molecular formula is C23H14ClN3O2. The molecule has 0 saturated heterocycles. The quantitative estimate of drug-likeness (QED) is 0.494. The predicted octanol–water partition coefficient (Wildman–Crippen LogP) is 4.97. The van der Waals surface area contributed by atoms with E-state index < -0.39 is 0 Å². The van der Waals surface area contributed by atoms with Crippen LogP contribution in [-0.2, 0) is 0 Å². The van der Waals surface area contributed by atoms with Crippen molar-refractivity contribution in [3.05, 3.63) is 99.3 Å². The largest absolute Gasteiger partial charge is 0.494 e. The van der Waals surface area contributed by atoms with E-state index in [-0.39, 0.29) is 11.4 Å². The van der Waals surface area contributed by atoms with Gasteiger partial charge in [0.15, 0.2) is 0 Å². The van der Waals surface area contributed by atoms with Crippen molar-refractivity contribution in [1.29, 1.82) is 5.26 Å². The van der Waals surface area contributed by atoms with E-state index in [9.17, 15) is 15.2 Å². The van der Waals surface area contributed by atoms with Gasteiger partial charge >= 0.3 is 0 Å². The van der Waals surface area contributed by atoms with Gasteiger partial charge in [0.05, 0.1) is 27.5 Å². The van der Waals surface area contributed by atoms with E-state index in [0.29, 0.717) is 38.3 Å². The van der Waals surface area contributed by atoms with Gasteiger partial charge in [-0.2, -0.15) is 5.26 Å². The molecule has 0 spiro atoms. The smallest absolute Gasteiger partial charge is 0.265 e. The summed E-state index contributed by atoms with van der Waals surface area (Å²) in [5.41, 5.74) is 1.21. The first-order chi connectivity index (χ1) is 14.1. The molecule has 0 radical (unpaired) electrons. The second-order valence-electron chi connectivity index (χ2n) is 6.26. The maximum absolute atomic E-state index is 13.1. The number of aliphatic imine (C=N–C) groups is 1. The number of hydrogen-bond acceptors (Lipinski definition) is 4. The third kappa shape index (κ3) is 3.27. The summed E-state index contributed by atoms with van der Waals surface area (Å²) in [4.78, 5) is 17.5. The molecule has 0 fully saturated rings. The van der Waals surface area contributed by atoms with Gasteiger partial charge in [-0.1, -0.05) is 54.1 Å². The number of pyridine rings is 1. The van der Waals surface area contributed by atoms with Crippen LogP contribution in [0.1, 0.15) is 11.1 Å². The molecule has 140 valence electrons. The van der Waals surface area contributed by atoms with Gasteiger partial charge in [0.25, 0.3) is 5.56 Å². The number of benzene rings is 3. The van der Waals surface area contributed by atoms with Gasteiger partial charge < -0.3 is 5.11 Å². The molecular weight excluding hydrogens is 386 g/mol. The number of halogens is 1. The Morgan fingerprint density at radius 1 is 0.966 bits per heavy atom. The third-order valence-corrected chi connectivity index (χ3v) is 4.87. The minimum atomic E-state index is -0.388. The van der Waals surface area contributed by atoms with Gasteiger partial charge in [0, 0.05) is 17.0 Å². The van der Waals surface area contributed by atoms with Crippen LogP contribution in [0.4, 0.5) is 5.69 Å². The Bertz CT molecular complexity index is 1370. The van der Waals surface area contributed by atoms with E-state index in [1.54, 1.807) is 72.8 Å². The monoisotopic (exact) mass is 399 g/mol. The van der Waals surface area contributed by atoms with Crippen molar-refractivity contribution in [3.63, 3.8) is 0 Å². The van der Waals surface area contributed by atoms with Gasteiger partial charge in [-0.05, 0) is 30.3 Å². The molecule has 1 heterocycles. The zero-order valence-corrected chi connectivity index (χ0v) is 15.8. The first kappa shape index (κ1) is 18.5. The molecule has 4 rings (SSSR count). The maximum Gasteiger partial charge on any atom is 0.265 e. The van der Waals surface area contributed by atoms with E-state index in [1.807, 2.05) is 0 Å². The molecule has 4 aromatic rings. The fourth-order valence-electron chi connectivity index (χ4n) is 3.16. The Hall–Kier alpha value is -3.88. The van der Waals surface area contributed by atoms with E-state index in [0.717, 1.165) is 0 Å². The average molecular weight is 400 g/mol. The van der Waals surface area contributed by atoms with Crippen LogP contribution < -0.4 is 5.56 Å². The van der Waals surface area contributed by atoms with Crippen LogP contribution in [-0.4, -0.2) is 15.9 Å². The van der Waals surface area contributed by atoms with E-state index in [1.165, 1.54) is 10.8 Å². The Balaban J connectivity index is 2.02. The lowest BCUT2D eigenvalue weighted by Crippen LogP contribution is -2.20. The number of nitriles is 1. The lowest BCUT2D eigenvalue weighted by molar-refractivity contribution is 0.436. The highest BCUT2D eigenvalue weighted by Crippen LogP contribution is 2.29. The summed E-state index contributed by atoms with van der Waals surface area (Å²) in [5.74, 6) is -0.278. The van der Waals surface area contributed by atoms with Crippen molar-refractivity contribution in [2.24, 2.45) is 4.99 Å². The Morgan fingerprint density at radius 3 is 2.38 bits per heavy atom. The fourth-order valence-corrected chi connectivity index (χ4v) is 3.38. The second-order valence-corrected chi connectivity index (χ2v) is 6.67. The first-order valence-corrected chi connectivity index (χ1v) is 9.14. The van der Waals surface area contributed by atoms with Crippen molar-refractivity contribution in [2.75, 3.05) is 0 Å². The number of para-hydroxylation sites is 2. The van der Waals surface area contributed by atoms with Crippen LogP contribution in [0.3, 0.4) is 0 Å². The van der Waals surface area contributed by atoms with Crippen LogP contribution >= 0.6 is 11.6 Å². The zero-order chi connectivity index (χ0) is 20.4.